The Kier molecular flexibility index (Phi) is 5.70. The quantitative estimate of drug-likeness (QED) is 0.415. The lowest BCUT2D eigenvalue weighted by molar-refractivity contribution is -0.136. The first kappa shape index (κ1) is 20.0. The Balaban J connectivity index is 0.000000243. The van der Waals surface area contributed by atoms with Crippen LogP contribution in [0.4, 0.5) is 4.79 Å². The van der Waals surface area contributed by atoms with Crippen molar-refractivity contribution in [3.8, 4) is 0 Å². The Bertz CT molecular complexity index is 559. The van der Waals surface area contributed by atoms with Crippen molar-refractivity contribution in [3.05, 3.63) is 0 Å². The highest BCUT2D eigenvalue weighted by molar-refractivity contribution is 6.09. The van der Waals surface area contributed by atoms with E-state index in [-0.39, 0.29) is 24.8 Å². The van der Waals surface area contributed by atoms with Gasteiger partial charge in [0.05, 0.1) is 12.0 Å². The summed E-state index contributed by atoms with van der Waals surface area (Å²) in [5, 5.41) is 26.3. The van der Waals surface area contributed by atoms with Gasteiger partial charge in [-0.3, -0.25) is 19.3 Å². The number of likely N-dealkylation sites (tertiary alicyclic amines) is 1. The highest BCUT2D eigenvalue weighted by atomic mass is 16.3. The van der Waals surface area contributed by atoms with Crippen molar-refractivity contribution in [1.29, 1.82) is 0 Å². The Morgan fingerprint density at radius 1 is 0.833 bits per heavy atom. The normalized spacial score (nSPS) is 22.2. The highest BCUT2D eigenvalue weighted by Gasteiger charge is 2.50. The van der Waals surface area contributed by atoms with E-state index in [0.717, 1.165) is 4.90 Å². The number of hydrogen-bond acceptors (Lipinski definition) is 7. The summed E-state index contributed by atoms with van der Waals surface area (Å²) < 4.78 is 0. The smallest absolute Gasteiger partial charge is 0.331 e. The van der Waals surface area contributed by atoms with Crippen LogP contribution < -0.4 is 0 Å². The monoisotopic (exact) mass is 345 g/mol. The summed E-state index contributed by atoms with van der Waals surface area (Å²) in [6, 6.07) is -0.667. The van der Waals surface area contributed by atoms with E-state index in [9.17, 15) is 19.2 Å². The molecule has 0 atom stereocenters. The molecular formula is C14H23N3O7. The molecule has 4 amide bonds. The third-order valence-electron chi connectivity index (χ3n) is 4.30. The van der Waals surface area contributed by atoms with Crippen molar-refractivity contribution < 1.29 is 34.5 Å². The van der Waals surface area contributed by atoms with Crippen LogP contribution in [0.3, 0.4) is 0 Å². The van der Waals surface area contributed by atoms with E-state index in [1.807, 2.05) is 0 Å². The summed E-state index contributed by atoms with van der Waals surface area (Å²) in [4.78, 5) is 47.7. The molecule has 0 aliphatic carbocycles. The van der Waals surface area contributed by atoms with Crippen LogP contribution in [0.5, 0.6) is 0 Å². The van der Waals surface area contributed by atoms with Crippen LogP contribution in [0.25, 0.3) is 0 Å². The minimum atomic E-state index is -1.07. The Morgan fingerprint density at radius 2 is 1.33 bits per heavy atom. The Hall–Kier alpha value is -2.04. The van der Waals surface area contributed by atoms with Crippen LogP contribution in [-0.2, 0) is 14.4 Å². The standard InChI is InChI=1S/C7H12N2O4.C7H11NO3/c1-7(2)5(12)8(3-10)6(13)9(7)4-11;1-7(2)5(10)3-6(11)8(7)4-9/h10-11H,3-4H2,1-2H3;9H,3-4H2,1-2H3. The first-order valence-electron chi connectivity index (χ1n) is 7.26. The summed E-state index contributed by atoms with van der Waals surface area (Å²) in [6.07, 6.45) is -0.0758. The molecule has 2 aliphatic rings. The third-order valence-corrected chi connectivity index (χ3v) is 4.30. The molecule has 24 heavy (non-hydrogen) atoms. The van der Waals surface area contributed by atoms with Crippen molar-refractivity contribution in [1.82, 2.24) is 14.7 Å². The predicted molar refractivity (Wildman–Crippen MR) is 80.0 cm³/mol. The van der Waals surface area contributed by atoms with Crippen LogP contribution >= 0.6 is 0 Å². The van der Waals surface area contributed by atoms with E-state index >= 15 is 0 Å². The summed E-state index contributed by atoms with van der Waals surface area (Å²) in [6.45, 7) is 4.73. The van der Waals surface area contributed by atoms with E-state index in [2.05, 4.69) is 0 Å². The van der Waals surface area contributed by atoms with Crippen molar-refractivity contribution in [2.24, 2.45) is 0 Å². The predicted octanol–water partition coefficient (Wildman–Crippen LogP) is -1.55. The molecule has 0 radical (unpaired) electrons. The number of carbonyl (C=O) groups is 4. The van der Waals surface area contributed by atoms with Crippen LogP contribution in [0.15, 0.2) is 0 Å². The number of urea groups is 1. The van der Waals surface area contributed by atoms with Gasteiger partial charge < -0.3 is 20.2 Å². The van der Waals surface area contributed by atoms with Gasteiger partial charge in [0.15, 0.2) is 5.78 Å². The number of Topliss-reactive ketones (excluding diaryl/α,β-unsaturated/α-hetero) is 1. The zero-order chi connectivity index (χ0) is 18.9. The number of amides is 4. The van der Waals surface area contributed by atoms with Gasteiger partial charge in [0.2, 0.25) is 5.91 Å². The molecule has 2 fully saturated rings. The van der Waals surface area contributed by atoms with Gasteiger partial charge in [0.25, 0.3) is 5.91 Å². The van der Waals surface area contributed by atoms with E-state index in [0.29, 0.717) is 4.90 Å². The topological polar surface area (TPSA) is 139 Å². The molecule has 10 nitrogen and oxygen atoms in total. The van der Waals surface area contributed by atoms with Gasteiger partial charge in [-0.1, -0.05) is 0 Å². The van der Waals surface area contributed by atoms with Gasteiger partial charge >= 0.3 is 6.03 Å². The van der Waals surface area contributed by atoms with Crippen LogP contribution in [0.2, 0.25) is 0 Å². The van der Waals surface area contributed by atoms with Crippen LogP contribution in [0.1, 0.15) is 34.1 Å². The first-order chi connectivity index (χ1) is 11.0. The number of hydrogen-bond donors (Lipinski definition) is 3. The lowest BCUT2D eigenvalue weighted by Gasteiger charge is -2.27. The van der Waals surface area contributed by atoms with Crippen molar-refractivity contribution >= 4 is 23.6 Å². The summed E-state index contributed by atoms with van der Waals surface area (Å²) >= 11 is 0. The summed E-state index contributed by atoms with van der Waals surface area (Å²) in [5.41, 5.74) is -1.89. The minimum absolute atomic E-state index is 0.0758. The Labute approximate surface area is 139 Å². The van der Waals surface area contributed by atoms with Crippen molar-refractivity contribution in [2.45, 2.75) is 45.2 Å². The van der Waals surface area contributed by atoms with Gasteiger partial charge in [-0.15, -0.1) is 0 Å². The SMILES string of the molecule is CC1(C)C(=O)CC(=O)N1CO.CC1(C)C(=O)N(CO)C(=O)N1CO. The number of aliphatic hydroxyl groups excluding tert-OH is 3. The van der Waals surface area contributed by atoms with E-state index in [4.69, 9.17) is 15.3 Å². The average molecular weight is 345 g/mol. The fourth-order valence-electron chi connectivity index (χ4n) is 2.45. The molecule has 0 bridgehead atoms. The van der Waals surface area contributed by atoms with Crippen LogP contribution in [0, 0.1) is 0 Å². The molecule has 0 spiro atoms. The Morgan fingerprint density at radius 3 is 1.54 bits per heavy atom. The molecule has 0 aromatic heterocycles. The molecular weight excluding hydrogens is 322 g/mol. The molecule has 0 saturated carbocycles. The molecule has 2 aliphatic heterocycles. The number of imide groups is 1. The highest BCUT2D eigenvalue weighted by Crippen LogP contribution is 2.26. The molecule has 2 rings (SSSR count). The average Bonchev–Trinajstić information content (AvgIpc) is 2.77. The molecule has 2 saturated heterocycles. The van der Waals surface area contributed by atoms with E-state index in [1.165, 1.54) is 18.7 Å². The van der Waals surface area contributed by atoms with Gasteiger partial charge in [-0.05, 0) is 27.7 Å². The van der Waals surface area contributed by atoms with E-state index < -0.39 is 36.5 Å². The fourth-order valence-corrected chi connectivity index (χ4v) is 2.45. The minimum Gasteiger partial charge on any atom is -0.376 e. The lowest BCUT2D eigenvalue weighted by Crippen LogP contribution is -2.44. The molecule has 0 aromatic carbocycles. The zero-order valence-electron chi connectivity index (χ0n) is 14.1. The zero-order valence-corrected chi connectivity index (χ0v) is 14.1. The number of ketones is 1. The number of carbonyl (C=O) groups excluding carboxylic acids is 4. The maximum Gasteiger partial charge on any atom is 0.331 e. The van der Waals surface area contributed by atoms with Gasteiger partial charge in [-0.2, -0.15) is 0 Å². The molecule has 10 heteroatoms. The molecule has 0 aromatic rings. The number of nitrogens with zero attached hydrogens (tertiary/aromatic N) is 3. The second-order valence-corrected chi connectivity index (χ2v) is 6.41. The summed E-state index contributed by atoms with van der Waals surface area (Å²) in [7, 11) is 0. The van der Waals surface area contributed by atoms with E-state index in [1.54, 1.807) is 13.8 Å². The van der Waals surface area contributed by atoms with Gasteiger partial charge in [-0.25, -0.2) is 9.69 Å². The van der Waals surface area contributed by atoms with Gasteiger partial charge in [0, 0.05) is 0 Å². The lowest BCUT2D eigenvalue weighted by atomic mass is 10.0. The summed E-state index contributed by atoms with van der Waals surface area (Å²) in [5.74, 6) is -0.923. The van der Waals surface area contributed by atoms with Gasteiger partial charge in [0.1, 0.15) is 25.7 Å². The second-order valence-electron chi connectivity index (χ2n) is 6.41. The maximum absolute atomic E-state index is 11.4. The third kappa shape index (κ3) is 3.12. The fraction of sp³-hybridized carbons (Fsp3) is 0.714. The molecule has 136 valence electrons. The number of aliphatic hydroxyl groups is 3. The maximum atomic E-state index is 11.4. The largest absolute Gasteiger partial charge is 0.376 e. The molecule has 0 unspecified atom stereocenters. The number of rotatable bonds is 3. The van der Waals surface area contributed by atoms with Crippen molar-refractivity contribution in [3.63, 3.8) is 0 Å². The molecule has 3 N–H and O–H groups in total. The van der Waals surface area contributed by atoms with Crippen molar-refractivity contribution in [2.75, 3.05) is 20.2 Å². The second kappa shape index (κ2) is 6.83. The molecule has 2 heterocycles. The van der Waals surface area contributed by atoms with Crippen LogP contribution in [-0.4, -0.2) is 84.9 Å². The first-order valence-corrected chi connectivity index (χ1v) is 7.26.